The van der Waals surface area contributed by atoms with Gasteiger partial charge in [0.2, 0.25) is 5.91 Å². The Hall–Kier alpha value is -0.680. The summed E-state index contributed by atoms with van der Waals surface area (Å²) in [6.07, 6.45) is 1.08. The van der Waals surface area contributed by atoms with E-state index in [1.54, 1.807) is 18.2 Å². The van der Waals surface area contributed by atoms with E-state index in [2.05, 4.69) is 10.6 Å². The van der Waals surface area contributed by atoms with Crippen molar-refractivity contribution in [3.63, 3.8) is 0 Å². The minimum Gasteiger partial charge on any atom is -0.492 e. The third kappa shape index (κ3) is 7.80. The molecular weight excluding hydrogens is 323 g/mol. The predicted molar refractivity (Wildman–Crippen MR) is 85.4 cm³/mol. The number of likely N-dealkylation sites (N-methyl/N-ethyl adjacent to an activating group) is 1. The summed E-state index contributed by atoms with van der Waals surface area (Å²) in [5.74, 6) is 0.614. The van der Waals surface area contributed by atoms with Crippen LogP contribution < -0.4 is 15.4 Å². The average molecular weight is 342 g/mol. The van der Waals surface area contributed by atoms with E-state index in [9.17, 15) is 4.79 Å². The molecule has 0 aromatic heterocycles. The van der Waals surface area contributed by atoms with Gasteiger partial charge in [-0.3, -0.25) is 4.79 Å². The Morgan fingerprint density at radius 3 is 2.70 bits per heavy atom. The SMILES string of the molecule is CNCCNC(=O)CCCOc1ccc(Cl)cc1Cl.Cl. The predicted octanol–water partition coefficient (Wildman–Crippen LogP) is 2.91. The lowest BCUT2D eigenvalue weighted by atomic mass is 10.3. The van der Waals surface area contributed by atoms with Crippen LogP contribution in [0.4, 0.5) is 0 Å². The second-order valence-corrected chi connectivity index (χ2v) is 4.82. The topological polar surface area (TPSA) is 50.4 Å². The van der Waals surface area contributed by atoms with E-state index in [-0.39, 0.29) is 18.3 Å². The Morgan fingerprint density at radius 2 is 2.05 bits per heavy atom. The van der Waals surface area contributed by atoms with Crippen LogP contribution in [0, 0.1) is 0 Å². The Kier molecular flexibility index (Phi) is 10.7. The van der Waals surface area contributed by atoms with Crippen molar-refractivity contribution in [2.75, 3.05) is 26.7 Å². The maximum atomic E-state index is 11.4. The van der Waals surface area contributed by atoms with Gasteiger partial charge in [-0.05, 0) is 31.7 Å². The van der Waals surface area contributed by atoms with Gasteiger partial charge in [0.15, 0.2) is 0 Å². The highest BCUT2D eigenvalue weighted by atomic mass is 35.5. The molecule has 0 spiro atoms. The molecule has 20 heavy (non-hydrogen) atoms. The molecule has 0 bridgehead atoms. The molecule has 4 nitrogen and oxygen atoms in total. The van der Waals surface area contributed by atoms with Crippen molar-refractivity contribution in [3.8, 4) is 5.75 Å². The van der Waals surface area contributed by atoms with Crippen LogP contribution in [0.5, 0.6) is 5.75 Å². The van der Waals surface area contributed by atoms with Gasteiger partial charge in [-0.15, -0.1) is 12.4 Å². The zero-order valence-electron chi connectivity index (χ0n) is 11.2. The van der Waals surface area contributed by atoms with Crippen LogP contribution in [0.3, 0.4) is 0 Å². The lowest BCUT2D eigenvalue weighted by molar-refractivity contribution is -0.121. The number of carbonyl (C=O) groups excluding carboxylic acids is 1. The van der Waals surface area contributed by atoms with Crippen LogP contribution in [0.1, 0.15) is 12.8 Å². The summed E-state index contributed by atoms with van der Waals surface area (Å²) in [4.78, 5) is 11.4. The van der Waals surface area contributed by atoms with E-state index < -0.39 is 0 Å². The Balaban J connectivity index is 0.00000361. The molecule has 0 fully saturated rings. The Bertz CT molecular complexity index is 417. The number of ether oxygens (including phenoxy) is 1. The number of nitrogens with one attached hydrogen (secondary N) is 2. The quantitative estimate of drug-likeness (QED) is 0.715. The summed E-state index contributed by atoms with van der Waals surface area (Å²) in [6, 6.07) is 5.06. The van der Waals surface area contributed by atoms with Crippen LogP contribution in [-0.2, 0) is 4.79 Å². The highest BCUT2D eigenvalue weighted by Crippen LogP contribution is 2.27. The Morgan fingerprint density at radius 1 is 1.30 bits per heavy atom. The molecule has 2 N–H and O–H groups in total. The summed E-state index contributed by atoms with van der Waals surface area (Å²) >= 11 is 11.7. The van der Waals surface area contributed by atoms with Gasteiger partial charge in [-0.25, -0.2) is 0 Å². The maximum Gasteiger partial charge on any atom is 0.220 e. The minimum absolute atomic E-state index is 0. The van der Waals surface area contributed by atoms with Gasteiger partial charge in [0.05, 0.1) is 11.6 Å². The molecule has 0 radical (unpaired) electrons. The molecule has 0 saturated heterocycles. The average Bonchev–Trinajstić information content (AvgIpc) is 2.37. The van der Waals surface area contributed by atoms with Crippen molar-refractivity contribution in [1.29, 1.82) is 0 Å². The monoisotopic (exact) mass is 340 g/mol. The van der Waals surface area contributed by atoms with Crippen LogP contribution >= 0.6 is 35.6 Å². The zero-order chi connectivity index (χ0) is 14.1. The Labute approximate surface area is 135 Å². The molecule has 0 heterocycles. The van der Waals surface area contributed by atoms with E-state index in [1.807, 2.05) is 7.05 Å². The number of amides is 1. The van der Waals surface area contributed by atoms with E-state index in [4.69, 9.17) is 27.9 Å². The second-order valence-electron chi connectivity index (χ2n) is 3.98. The van der Waals surface area contributed by atoms with Gasteiger partial charge in [0, 0.05) is 24.5 Å². The highest BCUT2D eigenvalue weighted by molar-refractivity contribution is 6.35. The number of rotatable bonds is 8. The molecule has 1 rings (SSSR count). The molecule has 0 aliphatic rings. The molecule has 1 aromatic carbocycles. The summed E-state index contributed by atoms with van der Waals surface area (Å²) in [5.41, 5.74) is 0. The van der Waals surface area contributed by atoms with Crippen LogP contribution in [0.2, 0.25) is 10.0 Å². The van der Waals surface area contributed by atoms with Gasteiger partial charge >= 0.3 is 0 Å². The first-order chi connectivity index (χ1) is 9.13. The molecule has 7 heteroatoms. The third-order valence-corrected chi connectivity index (χ3v) is 2.93. The second kappa shape index (κ2) is 11.0. The molecule has 0 atom stereocenters. The van der Waals surface area contributed by atoms with E-state index >= 15 is 0 Å². The standard InChI is InChI=1S/C13H18Cl2N2O2.ClH/c1-16-6-7-17-13(18)3-2-8-19-12-5-4-10(14)9-11(12)15;/h4-5,9,16H,2-3,6-8H2,1H3,(H,17,18);1H. The van der Waals surface area contributed by atoms with Gasteiger partial charge in [0.25, 0.3) is 0 Å². The van der Waals surface area contributed by atoms with Gasteiger partial charge in [0.1, 0.15) is 5.75 Å². The van der Waals surface area contributed by atoms with Crippen LogP contribution in [0.25, 0.3) is 0 Å². The number of halogens is 3. The molecule has 0 aliphatic carbocycles. The molecule has 0 unspecified atom stereocenters. The lowest BCUT2D eigenvalue weighted by Crippen LogP contribution is -2.30. The molecule has 0 saturated carbocycles. The largest absolute Gasteiger partial charge is 0.492 e. The zero-order valence-corrected chi connectivity index (χ0v) is 13.6. The summed E-state index contributed by atoms with van der Waals surface area (Å²) in [7, 11) is 1.84. The summed E-state index contributed by atoms with van der Waals surface area (Å²) in [6.45, 7) is 1.85. The van der Waals surface area contributed by atoms with Gasteiger partial charge in [-0.1, -0.05) is 23.2 Å². The highest BCUT2D eigenvalue weighted by Gasteiger charge is 2.04. The number of benzene rings is 1. The summed E-state index contributed by atoms with van der Waals surface area (Å²) in [5, 5.41) is 6.81. The fraction of sp³-hybridized carbons (Fsp3) is 0.462. The van der Waals surface area contributed by atoms with E-state index in [0.717, 1.165) is 6.54 Å². The number of hydrogen-bond donors (Lipinski definition) is 2. The van der Waals surface area contributed by atoms with Crippen molar-refractivity contribution in [1.82, 2.24) is 10.6 Å². The van der Waals surface area contributed by atoms with Gasteiger partial charge < -0.3 is 15.4 Å². The number of hydrogen-bond acceptors (Lipinski definition) is 3. The van der Waals surface area contributed by atoms with Crippen molar-refractivity contribution in [2.45, 2.75) is 12.8 Å². The van der Waals surface area contributed by atoms with Crippen molar-refractivity contribution < 1.29 is 9.53 Å². The fourth-order valence-corrected chi connectivity index (χ4v) is 1.89. The molecule has 0 aliphatic heterocycles. The van der Waals surface area contributed by atoms with Crippen LogP contribution in [0.15, 0.2) is 18.2 Å². The third-order valence-electron chi connectivity index (χ3n) is 2.40. The summed E-state index contributed by atoms with van der Waals surface area (Å²) < 4.78 is 5.48. The van der Waals surface area contributed by atoms with Crippen LogP contribution in [-0.4, -0.2) is 32.7 Å². The van der Waals surface area contributed by atoms with Crippen molar-refractivity contribution >= 4 is 41.5 Å². The lowest BCUT2D eigenvalue weighted by Gasteiger charge is -2.08. The first kappa shape index (κ1) is 19.3. The van der Waals surface area contributed by atoms with Crippen molar-refractivity contribution in [2.24, 2.45) is 0 Å². The van der Waals surface area contributed by atoms with Gasteiger partial charge in [-0.2, -0.15) is 0 Å². The maximum absolute atomic E-state index is 11.4. The normalized spacial score (nSPS) is 9.75. The van der Waals surface area contributed by atoms with E-state index in [0.29, 0.717) is 41.8 Å². The number of carbonyl (C=O) groups is 1. The van der Waals surface area contributed by atoms with Crippen molar-refractivity contribution in [3.05, 3.63) is 28.2 Å². The minimum atomic E-state index is 0. The fourth-order valence-electron chi connectivity index (χ4n) is 1.42. The molecular formula is C13H19Cl3N2O2. The smallest absolute Gasteiger partial charge is 0.220 e. The molecule has 1 amide bonds. The molecule has 114 valence electrons. The molecule has 1 aromatic rings. The first-order valence-electron chi connectivity index (χ1n) is 6.12. The first-order valence-corrected chi connectivity index (χ1v) is 6.88. The van der Waals surface area contributed by atoms with E-state index in [1.165, 1.54) is 0 Å².